The highest BCUT2D eigenvalue weighted by Gasteiger charge is 2.17. The topological polar surface area (TPSA) is 56.3 Å². The summed E-state index contributed by atoms with van der Waals surface area (Å²) in [5, 5.41) is 3.51. The van der Waals surface area contributed by atoms with Crippen molar-refractivity contribution in [2.45, 2.75) is 38.3 Å². The van der Waals surface area contributed by atoms with E-state index in [1.807, 2.05) is 0 Å². The Morgan fingerprint density at radius 3 is 2.29 bits per heavy atom. The zero-order valence-corrected chi connectivity index (χ0v) is 10.4. The SMILES string of the molecule is COc1ncnc(OC)c1CNC1CCCC1. The van der Waals surface area contributed by atoms with Crippen LogP contribution < -0.4 is 14.8 Å². The molecule has 0 spiro atoms. The average molecular weight is 237 g/mol. The van der Waals surface area contributed by atoms with Crippen LogP contribution >= 0.6 is 0 Å². The zero-order chi connectivity index (χ0) is 12.1. The number of nitrogens with one attached hydrogen (secondary N) is 1. The summed E-state index contributed by atoms with van der Waals surface area (Å²) in [7, 11) is 3.22. The summed E-state index contributed by atoms with van der Waals surface area (Å²) in [6.07, 6.45) is 6.59. The molecule has 2 rings (SSSR count). The maximum absolute atomic E-state index is 5.23. The lowest BCUT2D eigenvalue weighted by molar-refractivity contribution is 0.356. The van der Waals surface area contributed by atoms with Gasteiger partial charge in [-0.15, -0.1) is 0 Å². The molecule has 0 radical (unpaired) electrons. The smallest absolute Gasteiger partial charge is 0.224 e. The molecule has 0 aliphatic heterocycles. The van der Waals surface area contributed by atoms with E-state index >= 15 is 0 Å². The fraction of sp³-hybridized carbons (Fsp3) is 0.667. The van der Waals surface area contributed by atoms with Crippen molar-refractivity contribution >= 4 is 0 Å². The molecule has 1 aliphatic carbocycles. The molecule has 1 aromatic heterocycles. The van der Waals surface area contributed by atoms with E-state index < -0.39 is 0 Å². The molecule has 5 nitrogen and oxygen atoms in total. The van der Waals surface area contributed by atoms with Gasteiger partial charge in [-0.1, -0.05) is 12.8 Å². The van der Waals surface area contributed by atoms with Crippen LogP contribution in [0.1, 0.15) is 31.2 Å². The van der Waals surface area contributed by atoms with Gasteiger partial charge in [-0.3, -0.25) is 0 Å². The van der Waals surface area contributed by atoms with Gasteiger partial charge in [-0.2, -0.15) is 0 Å². The van der Waals surface area contributed by atoms with Gasteiger partial charge in [0, 0.05) is 12.6 Å². The summed E-state index contributed by atoms with van der Waals surface area (Å²) in [6, 6.07) is 0.601. The number of rotatable bonds is 5. The van der Waals surface area contributed by atoms with Gasteiger partial charge in [0.05, 0.1) is 19.8 Å². The molecule has 0 bridgehead atoms. The Bertz CT molecular complexity index is 343. The first-order valence-electron chi connectivity index (χ1n) is 6.00. The second-order valence-corrected chi connectivity index (χ2v) is 4.23. The zero-order valence-electron chi connectivity index (χ0n) is 10.4. The van der Waals surface area contributed by atoms with Gasteiger partial charge in [-0.05, 0) is 12.8 Å². The lowest BCUT2D eigenvalue weighted by Gasteiger charge is -2.14. The van der Waals surface area contributed by atoms with Gasteiger partial charge >= 0.3 is 0 Å². The molecule has 0 atom stereocenters. The number of nitrogens with zero attached hydrogens (tertiary/aromatic N) is 2. The van der Waals surface area contributed by atoms with Crippen LogP contribution in [0.15, 0.2) is 6.33 Å². The lowest BCUT2D eigenvalue weighted by Crippen LogP contribution is -2.26. The molecule has 1 heterocycles. The van der Waals surface area contributed by atoms with Gasteiger partial charge in [-0.25, -0.2) is 9.97 Å². The van der Waals surface area contributed by atoms with Gasteiger partial charge in [0.2, 0.25) is 11.8 Å². The minimum atomic E-state index is 0.586. The van der Waals surface area contributed by atoms with E-state index in [2.05, 4.69) is 15.3 Å². The Labute approximate surface area is 102 Å². The Kier molecular flexibility index (Phi) is 4.14. The van der Waals surface area contributed by atoms with Crippen LogP contribution in [0.2, 0.25) is 0 Å². The van der Waals surface area contributed by atoms with Crippen molar-refractivity contribution in [1.82, 2.24) is 15.3 Å². The maximum atomic E-state index is 5.23. The standard InChI is InChI=1S/C12H19N3O2/c1-16-11-10(12(17-2)15-8-14-11)7-13-9-5-3-4-6-9/h8-9,13H,3-7H2,1-2H3. The van der Waals surface area contributed by atoms with Crippen LogP contribution in [0.4, 0.5) is 0 Å². The largest absolute Gasteiger partial charge is 0.481 e. The van der Waals surface area contributed by atoms with Gasteiger partial charge in [0.15, 0.2) is 0 Å². The van der Waals surface area contributed by atoms with Gasteiger partial charge in [0.1, 0.15) is 6.33 Å². The maximum Gasteiger partial charge on any atom is 0.224 e. The predicted molar refractivity (Wildman–Crippen MR) is 64.2 cm³/mol. The van der Waals surface area contributed by atoms with Crippen LogP contribution in [-0.4, -0.2) is 30.2 Å². The number of ether oxygens (including phenoxy) is 2. The van der Waals surface area contributed by atoms with Crippen molar-refractivity contribution in [3.8, 4) is 11.8 Å². The second-order valence-electron chi connectivity index (χ2n) is 4.23. The summed E-state index contributed by atoms with van der Waals surface area (Å²) in [4.78, 5) is 8.20. The normalized spacial score (nSPS) is 16.1. The third-order valence-electron chi connectivity index (χ3n) is 3.18. The second kappa shape index (κ2) is 5.82. The first-order valence-corrected chi connectivity index (χ1v) is 6.00. The molecule has 1 aliphatic rings. The summed E-state index contributed by atoms with van der Waals surface area (Å²) in [5.74, 6) is 1.17. The van der Waals surface area contributed by atoms with Crippen molar-refractivity contribution in [2.75, 3.05) is 14.2 Å². The Balaban J connectivity index is 2.06. The molecule has 0 amide bonds. The Morgan fingerprint density at radius 2 is 1.76 bits per heavy atom. The summed E-state index contributed by atoms with van der Waals surface area (Å²) in [6.45, 7) is 0.692. The molecule has 1 N–H and O–H groups in total. The third-order valence-corrected chi connectivity index (χ3v) is 3.18. The molecular weight excluding hydrogens is 218 g/mol. The number of methoxy groups -OCH3 is 2. The van der Waals surface area contributed by atoms with Crippen LogP contribution in [-0.2, 0) is 6.54 Å². The van der Waals surface area contributed by atoms with E-state index in [4.69, 9.17) is 9.47 Å². The highest BCUT2D eigenvalue weighted by atomic mass is 16.5. The number of hydrogen-bond donors (Lipinski definition) is 1. The fourth-order valence-electron chi connectivity index (χ4n) is 2.26. The van der Waals surface area contributed by atoms with E-state index in [1.54, 1.807) is 14.2 Å². The molecule has 1 fully saturated rings. The lowest BCUT2D eigenvalue weighted by atomic mass is 10.2. The summed E-state index contributed by atoms with van der Waals surface area (Å²) < 4.78 is 10.5. The van der Waals surface area contributed by atoms with E-state index in [0.29, 0.717) is 24.3 Å². The molecule has 1 saturated carbocycles. The number of hydrogen-bond acceptors (Lipinski definition) is 5. The van der Waals surface area contributed by atoms with Crippen molar-refractivity contribution in [1.29, 1.82) is 0 Å². The first-order chi connectivity index (χ1) is 8.35. The van der Waals surface area contributed by atoms with E-state index in [0.717, 1.165) is 5.56 Å². The molecule has 0 unspecified atom stereocenters. The highest BCUT2D eigenvalue weighted by molar-refractivity contribution is 5.34. The van der Waals surface area contributed by atoms with Crippen molar-refractivity contribution < 1.29 is 9.47 Å². The minimum absolute atomic E-state index is 0.586. The molecule has 0 saturated heterocycles. The quantitative estimate of drug-likeness (QED) is 0.841. The Hall–Kier alpha value is -1.36. The first kappa shape index (κ1) is 12.1. The van der Waals surface area contributed by atoms with Crippen LogP contribution in [0.5, 0.6) is 11.8 Å². The van der Waals surface area contributed by atoms with Crippen molar-refractivity contribution in [2.24, 2.45) is 0 Å². The van der Waals surface area contributed by atoms with Crippen molar-refractivity contribution in [3.05, 3.63) is 11.9 Å². The number of aromatic nitrogens is 2. The molecule has 0 aromatic carbocycles. The minimum Gasteiger partial charge on any atom is -0.481 e. The van der Waals surface area contributed by atoms with E-state index in [-0.39, 0.29) is 0 Å². The van der Waals surface area contributed by atoms with E-state index in [9.17, 15) is 0 Å². The van der Waals surface area contributed by atoms with E-state index in [1.165, 1.54) is 32.0 Å². The monoisotopic (exact) mass is 237 g/mol. The fourth-order valence-corrected chi connectivity index (χ4v) is 2.26. The average Bonchev–Trinajstić information content (AvgIpc) is 2.88. The summed E-state index contributed by atoms with van der Waals surface area (Å²) in [5.41, 5.74) is 0.893. The third kappa shape index (κ3) is 2.85. The molecule has 17 heavy (non-hydrogen) atoms. The molecular formula is C12H19N3O2. The Morgan fingerprint density at radius 1 is 1.18 bits per heavy atom. The van der Waals surface area contributed by atoms with Crippen molar-refractivity contribution in [3.63, 3.8) is 0 Å². The van der Waals surface area contributed by atoms with Gasteiger partial charge < -0.3 is 14.8 Å². The summed E-state index contributed by atoms with van der Waals surface area (Å²) >= 11 is 0. The molecule has 1 aromatic rings. The van der Waals surface area contributed by atoms with Crippen LogP contribution in [0.25, 0.3) is 0 Å². The van der Waals surface area contributed by atoms with Crippen LogP contribution in [0, 0.1) is 0 Å². The highest BCUT2D eigenvalue weighted by Crippen LogP contribution is 2.24. The predicted octanol–water partition coefficient (Wildman–Crippen LogP) is 1.53. The van der Waals surface area contributed by atoms with Gasteiger partial charge in [0.25, 0.3) is 0 Å². The molecule has 5 heteroatoms. The van der Waals surface area contributed by atoms with Crippen LogP contribution in [0.3, 0.4) is 0 Å². The molecule has 94 valence electrons.